The third-order valence-electron chi connectivity index (χ3n) is 5.37. The van der Waals surface area contributed by atoms with Gasteiger partial charge in [-0.3, -0.25) is 4.79 Å². The molecule has 2 aromatic heterocycles. The fourth-order valence-electron chi connectivity index (χ4n) is 3.88. The van der Waals surface area contributed by atoms with Crippen molar-refractivity contribution in [3.8, 4) is 11.3 Å². The number of imidazole rings is 1. The maximum atomic E-state index is 12.6. The van der Waals surface area contributed by atoms with Gasteiger partial charge in [0.15, 0.2) is 0 Å². The zero-order chi connectivity index (χ0) is 17.1. The summed E-state index contributed by atoms with van der Waals surface area (Å²) in [5, 5.41) is 0. The Balaban J connectivity index is 1.54. The molecule has 0 bridgehead atoms. The number of hydrogen-bond acceptors (Lipinski definition) is 2. The summed E-state index contributed by atoms with van der Waals surface area (Å²) in [6, 6.07) is 10.8. The summed E-state index contributed by atoms with van der Waals surface area (Å²) in [6.45, 7) is 4.23. The minimum Gasteiger partial charge on any atom is -0.309 e. The van der Waals surface area contributed by atoms with Crippen LogP contribution in [0.4, 0.5) is 5.69 Å². The second-order valence-corrected chi connectivity index (χ2v) is 7.47. The van der Waals surface area contributed by atoms with E-state index in [1.54, 1.807) is 0 Å². The Bertz CT molecular complexity index is 1000. The van der Waals surface area contributed by atoms with Crippen molar-refractivity contribution < 1.29 is 4.79 Å². The molecule has 0 spiro atoms. The lowest BCUT2D eigenvalue weighted by Gasteiger charge is -2.22. The predicted molar refractivity (Wildman–Crippen MR) is 98.7 cm³/mol. The lowest BCUT2D eigenvalue weighted by Crippen LogP contribution is -2.36. The SMILES string of the molecule is Cc1ccn2cc(-c3ccc4c(c3)CC(C)N4C(=O)C3CC3)nc2c1. The van der Waals surface area contributed by atoms with Crippen LogP contribution in [0.15, 0.2) is 42.7 Å². The van der Waals surface area contributed by atoms with E-state index in [9.17, 15) is 4.79 Å². The van der Waals surface area contributed by atoms with Crippen LogP contribution in [0.25, 0.3) is 16.9 Å². The van der Waals surface area contributed by atoms with Crippen LogP contribution in [0.3, 0.4) is 0 Å². The van der Waals surface area contributed by atoms with Crippen LogP contribution >= 0.6 is 0 Å². The van der Waals surface area contributed by atoms with Gasteiger partial charge in [0.25, 0.3) is 0 Å². The monoisotopic (exact) mass is 331 g/mol. The highest BCUT2D eigenvalue weighted by Crippen LogP contribution is 2.40. The van der Waals surface area contributed by atoms with Crippen LogP contribution in [0, 0.1) is 12.8 Å². The number of fused-ring (bicyclic) bond motifs is 2. The molecule has 5 rings (SSSR count). The van der Waals surface area contributed by atoms with Crippen LogP contribution in [0.2, 0.25) is 0 Å². The van der Waals surface area contributed by atoms with E-state index < -0.39 is 0 Å². The first kappa shape index (κ1) is 14.7. The highest BCUT2D eigenvalue weighted by atomic mass is 16.2. The fraction of sp³-hybridized carbons (Fsp3) is 0.333. The Kier molecular flexibility index (Phi) is 3.05. The van der Waals surface area contributed by atoms with Crippen LogP contribution in [0.1, 0.15) is 30.9 Å². The van der Waals surface area contributed by atoms with E-state index in [4.69, 9.17) is 4.98 Å². The van der Waals surface area contributed by atoms with Gasteiger partial charge in [-0.2, -0.15) is 0 Å². The normalized spacial score (nSPS) is 19.4. The topological polar surface area (TPSA) is 37.6 Å². The summed E-state index contributed by atoms with van der Waals surface area (Å²) in [7, 11) is 0. The summed E-state index contributed by atoms with van der Waals surface area (Å²) < 4.78 is 2.06. The molecule has 1 atom stereocenters. The Hall–Kier alpha value is -2.62. The van der Waals surface area contributed by atoms with Gasteiger partial charge in [-0.15, -0.1) is 0 Å². The van der Waals surface area contributed by atoms with Gasteiger partial charge in [-0.25, -0.2) is 4.98 Å². The first-order valence-corrected chi connectivity index (χ1v) is 9.02. The van der Waals surface area contributed by atoms with E-state index in [0.717, 1.165) is 41.9 Å². The van der Waals surface area contributed by atoms with E-state index in [1.807, 2.05) is 11.1 Å². The standard InChI is InChI=1S/C21H21N3O/c1-13-7-8-23-12-18(22-20(23)9-13)16-5-6-19-17(11-16)10-14(2)24(19)21(25)15-3-4-15/h5-9,11-12,14-15H,3-4,10H2,1-2H3. The largest absolute Gasteiger partial charge is 0.309 e. The second-order valence-electron chi connectivity index (χ2n) is 7.47. The Morgan fingerprint density at radius 2 is 2.04 bits per heavy atom. The molecule has 25 heavy (non-hydrogen) atoms. The number of aryl methyl sites for hydroxylation is 1. The summed E-state index contributed by atoms with van der Waals surface area (Å²) in [5.74, 6) is 0.567. The van der Waals surface area contributed by atoms with E-state index in [2.05, 4.69) is 54.8 Å². The van der Waals surface area contributed by atoms with Gasteiger partial charge < -0.3 is 9.30 Å². The number of rotatable bonds is 2. The average molecular weight is 331 g/mol. The molecule has 0 saturated heterocycles. The number of anilines is 1. The van der Waals surface area contributed by atoms with E-state index in [0.29, 0.717) is 5.91 Å². The third-order valence-corrected chi connectivity index (χ3v) is 5.37. The minimum atomic E-state index is 0.252. The Morgan fingerprint density at radius 1 is 1.20 bits per heavy atom. The highest BCUT2D eigenvalue weighted by molar-refractivity contribution is 5.99. The number of nitrogens with zero attached hydrogens (tertiary/aromatic N) is 3. The van der Waals surface area contributed by atoms with Crippen LogP contribution < -0.4 is 4.90 Å². The number of carbonyl (C=O) groups is 1. The molecule has 3 heterocycles. The summed E-state index contributed by atoms with van der Waals surface area (Å²) in [4.78, 5) is 19.4. The summed E-state index contributed by atoms with van der Waals surface area (Å²) >= 11 is 0. The van der Waals surface area contributed by atoms with E-state index in [-0.39, 0.29) is 12.0 Å². The van der Waals surface area contributed by atoms with Gasteiger partial charge in [-0.1, -0.05) is 6.07 Å². The lowest BCUT2D eigenvalue weighted by molar-refractivity contribution is -0.120. The zero-order valence-electron chi connectivity index (χ0n) is 14.6. The molecular formula is C21H21N3O. The van der Waals surface area contributed by atoms with Gasteiger partial charge in [0.05, 0.1) is 5.69 Å². The minimum absolute atomic E-state index is 0.252. The molecule has 0 N–H and O–H groups in total. The molecule has 0 radical (unpaired) electrons. The van der Waals surface area contributed by atoms with Crippen molar-refractivity contribution in [3.63, 3.8) is 0 Å². The molecule has 3 aromatic rings. The van der Waals surface area contributed by atoms with Crippen molar-refractivity contribution in [2.45, 2.75) is 39.2 Å². The van der Waals surface area contributed by atoms with Gasteiger partial charge >= 0.3 is 0 Å². The average Bonchev–Trinajstić information content (AvgIpc) is 3.27. The first-order chi connectivity index (χ1) is 12.1. The fourth-order valence-corrected chi connectivity index (χ4v) is 3.88. The van der Waals surface area contributed by atoms with Crippen molar-refractivity contribution in [3.05, 3.63) is 53.9 Å². The van der Waals surface area contributed by atoms with Gasteiger partial charge in [0.1, 0.15) is 5.65 Å². The molecule has 1 aromatic carbocycles. The number of amides is 1. The third kappa shape index (κ3) is 2.36. The number of carbonyl (C=O) groups excluding carboxylic acids is 1. The zero-order valence-corrected chi connectivity index (χ0v) is 14.6. The maximum absolute atomic E-state index is 12.6. The molecule has 1 amide bonds. The summed E-state index contributed by atoms with van der Waals surface area (Å²) in [6.07, 6.45) is 7.15. The Labute approximate surface area is 147 Å². The molecular weight excluding hydrogens is 310 g/mol. The molecule has 4 heteroatoms. The van der Waals surface area contributed by atoms with Crippen molar-refractivity contribution in [1.29, 1.82) is 0 Å². The maximum Gasteiger partial charge on any atom is 0.230 e. The number of hydrogen-bond donors (Lipinski definition) is 0. The van der Waals surface area contributed by atoms with Crippen molar-refractivity contribution >= 4 is 17.2 Å². The van der Waals surface area contributed by atoms with Crippen molar-refractivity contribution in [2.75, 3.05) is 4.90 Å². The quantitative estimate of drug-likeness (QED) is 0.712. The molecule has 2 aliphatic rings. The number of benzene rings is 1. The summed E-state index contributed by atoms with van der Waals surface area (Å²) in [5.41, 5.74) is 6.62. The second kappa shape index (κ2) is 5.19. The number of aromatic nitrogens is 2. The molecule has 1 unspecified atom stereocenters. The highest BCUT2D eigenvalue weighted by Gasteiger charge is 2.39. The van der Waals surface area contributed by atoms with E-state index >= 15 is 0 Å². The van der Waals surface area contributed by atoms with Gasteiger partial charge in [0, 0.05) is 35.6 Å². The molecule has 1 aliphatic carbocycles. The molecule has 126 valence electrons. The van der Waals surface area contributed by atoms with Gasteiger partial charge in [-0.05, 0) is 68.5 Å². The van der Waals surface area contributed by atoms with Crippen LogP contribution in [-0.4, -0.2) is 21.3 Å². The molecule has 1 aliphatic heterocycles. The van der Waals surface area contributed by atoms with Crippen molar-refractivity contribution in [2.24, 2.45) is 5.92 Å². The first-order valence-electron chi connectivity index (χ1n) is 9.02. The smallest absolute Gasteiger partial charge is 0.230 e. The van der Waals surface area contributed by atoms with Crippen molar-refractivity contribution in [1.82, 2.24) is 9.38 Å². The van der Waals surface area contributed by atoms with Crippen LogP contribution in [-0.2, 0) is 11.2 Å². The Morgan fingerprint density at radius 3 is 2.84 bits per heavy atom. The molecule has 1 fully saturated rings. The number of pyridine rings is 1. The molecule has 4 nitrogen and oxygen atoms in total. The van der Waals surface area contributed by atoms with Gasteiger partial charge in [0.2, 0.25) is 5.91 Å². The lowest BCUT2D eigenvalue weighted by atomic mass is 10.1. The van der Waals surface area contributed by atoms with Crippen LogP contribution in [0.5, 0.6) is 0 Å². The van der Waals surface area contributed by atoms with E-state index in [1.165, 1.54) is 11.1 Å². The molecule has 1 saturated carbocycles. The predicted octanol–water partition coefficient (Wildman–Crippen LogP) is 4.00.